The summed E-state index contributed by atoms with van der Waals surface area (Å²) in [6, 6.07) is 24.3. The number of ether oxygens (including phenoxy) is 2. The summed E-state index contributed by atoms with van der Waals surface area (Å²) in [5, 5.41) is 7.02. The molecule has 3 aromatic carbocycles. The van der Waals surface area contributed by atoms with E-state index >= 15 is 0 Å². The van der Waals surface area contributed by atoms with Crippen LogP contribution in [0.4, 0.5) is 5.95 Å². The van der Waals surface area contributed by atoms with Gasteiger partial charge in [0.05, 0.1) is 17.6 Å². The third-order valence-electron chi connectivity index (χ3n) is 4.95. The van der Waals surface area contributed by atoms with Crippen LogP contribution in [0.25, 0.3) is 11.0 Å². The van der Waals surface area contributed by atoms with Crippen molar-refractivity contribution < 1.29 is 9.47 Å². The third kappa shape index (κ3) is 3.79. The molecular formula is C23H20N4O2S. The summed E-state index contributed by atoms with van der Waals surface area (Å²) < 4.78 is 12.9. The van der Waals surface area contributed by atoms with Crippen LogP contribution in [0, 0.1) is 0 Å². The van der Waals surface area contributed by atoms with E-state index in [9.17, 15) is 0 Å². The van der Waals surface area contributed by atoms with Gasteiger partial charge in [0.1, 0.15) is 0 Å². The van der Waals surface area contributed by atoms with E-state index in [1.165, 1.54) is 5.56 Å². The first-order valence-corrected chi connectivity index (χ1v) is 10.1. The maximum atomic E-state index is 5.53. The van der Waals surface area contributed by atoms with Crippen LogP contribution in [0.1, 0.15) is 11.1 Å². The van der Waals surface area contributed by atoms with Crippen LogP contribution in [-0.4, -0.2) is 21.5 Å². The molecule has 0 radical (unpaired) electrons. The highest BCUT2D eigenvalue weighted by Gasteiger charge is 2.14. The SMILES string of the molecule is S=C(NCc1ccc2c(c1)OCO2)Nc1nc2ccccc2n1Cc1ccccc1. The van der Waals surface area contributed by atoms with Crippen LogP contribution in [0.3, 0.4) is 0 Å². The summed E-state index contributed by atoms with van der Waals surface area (Å²) in [6.07, 6.45) is 0. The predicted octanol–water partition coefficient (Wildman–Crippen LogP) is 4.30. The Hall–Kier alpha value is -3.58. The van der Waals surface area contributed by atoms with Crippen molar-refractivity contribution in [1.29, 1.82) is 0 Å². The number of aromatic nitrogens is 2. The molecule has 4 aromatic rings. The van der Waals surface area contributed by atoms with Crippen LogP contribution in [-0.2, 0) is 13.1 Å². The summed E-state index contributed by atoms with van der Waals surface area (Å²) in [4.78, 5) is 4.74. The zero-order chi connectivity index (χ0) is 20.3. The molecule has 1 aliphatic rings. The Bertz CT molecular complexity index is 1210. The van der Waals surface area contributed by atoms with Crippen molar-refractivity contribution in [3.8, 4) is 11.5 Å². The lowest BCUT2D eigenvalue weighted by atomic mass is 10.2. The Morgan fingerprint density at radius 2 is 1.73 bits per heavy atom. The Balaban J connectivity index is 1.33. The van der Waals surface area contributed by atoms with Crippen LogP contribution in [0.2, 0.25) is 0 Å². The van der Waals surface area contributed by atoms with Crippen molar-refractivity contribution in [2.45, 2.75) is 13.1 Å². The highest BCUT2D eigenvalue weighted by Crippen LogP contribution is 2.32. The molecule has 2 heterocycles. The summed E-state index contributed by atoms with van der Waals surface area (Å²) in [5.74, 6) is 2.25. The Morgan fingerprint density at radius 3 is 2.63 bits per heavy atom. The Labute approximate surface area is 179 Å². The minimum absolute atomic E-state index is 0.268. The number of nitrogens with one attached hydrogen (secondary N) is 2. The van der Waals surface area contributed by atoms with Gasteiger partial charge in [-0.3, -0.25) is 0 Å². The van der Waals surface area contributed by atoms with Gasteiger partial charge in [-0.1, -0.05) is 48.5 Å². The summed E-state index contributed by atoms with van der Waals surface area (Å²) in [6.45, 7) is 1.54. The van der Waals surface area contributed by atoms with Gasteiger partial charge in [-0.2, -0.15) is 0 Å². The van der Waals surface area contributed by atoms with Gasteiger partial charge < -0.3 is 24.7 Å². The van der Waals surface area contributed by atoms with Crippen LogP contribution in [0.15, 0.2) is 72.8 Å². The standard InChI is InChI=1S/C23H20N4O2S/c30-23(24-13-17-10-11-20-21(12-17)29-15-28-20)26-22-25-18-8-4-5-9-19(18)27(22)14-16-6-2-1-3-7-16/h1-12H,13-15H2,(H2,24,25,26,30). The van der Waals surface area contributed by atoms with Crippen molar-refractivity contribution in [2.75, 3.05) is 12.1 Å². The highest BCUT2D eigenvalue weighted by molar-refractivity contribution is 7.80. The van der Waals surface area contributed by atoms with Gasteiger partial charge in [0, 0.05) is 6.54 Å². The number of hydrogen-bond donors (Lipinski definition) is 2. The van der Waals surface area contributed by atoms with E-state index in [-0.39, 0.29) is 6.79 Å². The maximum absolute atomic E-state index is 5.53. The lowest BCUT2D eigenvalue weighted by Gasteiger charge is -2.13. The van der Waals surface area contributed by atoms with E-state index in [0.29, 0.717) is 24.2 Å². The average molecular weight is 417 g/mol. The first-order valence-electron chi connectivity index (χ1n) is 9.69. The molecule has 0 saturated carbocycles. The van der Waals surface area contributed by atoms with Crippen molar-refractivity contribution in [3.05, 3.63) is 83.9 Å². The maximum Gasteiger partial charge on any atom is 0.231 e. The normalized spacial score (nSPS) is 12.1. The molecule has 0 saturated heterocycles. The number of rotatable bonds is 5. The first kappa shape index (κ1) is 18.4. The molecule has 150 valence electrons. The smallest absolute Gasteiger partial charge is 0.231 e. The molecule has 30 heavy (non-hydrogen) atoms. The minimum atomic E-state index is 0.268. The molecule has 0 spiro atoms. The molecule has 1 aliphatic heterocycles. The summed E-state index contributed by atoms with van der Waals surface area (Å²) in [5.41, 5.74) is 4.24. The molecule has 0 bridgehead atoms. The fourth-order valence-corrected chi connectivity index (χ4v) is 3.64. The fourth-order valence-electron chi connectivity index (χ4n) is 3.48. The minimum Gasteiger partial charge on any atom is -0.454 e. The number of para-hydroxylation sites is 2. The van der Waals surface area contributed by atoms with Gasteiger partial charge in [0.2, 0.25) is 12.7 Å². The monoisotopic (exact) mass is 416 g/mol. The highest BCUT2D eigenvalue weighted by atomic mass is 32.1. The van der Waals surface area contributed by atoms with Gasteiger partial charge in [-0.15, -0.1) is 0 Å². The van der Waals surface area contributed by atoms with E-state index in [1.54, 1.807) is 0 Å². The Morgan fingerprint density at radius 1 is 0.933 bits per heavy atom. The number of hydrogen-bond acceptors (Lipinski definition) is 4. The summed E-state index contributed by atoms with van der Waals surface area (Å²) >= 11 is 5.53. The first-order chi connectivity index (χ1) is 14.8. The average Bonchev–Trinajstić information content (AvgIpc) is 3.37. The van der Waals surface area contributed by atoms with Crippen LogP contribution >= 0.6 is 12.2 Å². The number of nitrogens with zero attached hydrogens (tertiary/aromatic N) is 2. The second kappa shape index (κ2) is 8.04. The van der Waals surface area contributed by atoms with Gasteiger partial charge >= 0.3 is 0 Å². The third-order valence-corrected chi connectivity index (χ3v) is 5.20. The topological polar surface area (TPSA) is 60.3 Å². The molecule has 7 heteroatoms. The van der Waals surface area contributed by atoms with Gasteiger partial charge in [0.15, 0.2) is 16.6 Å². The quantitative estimate of drug-likeness (QED) is 0.473. The van der Waals surface area contributed by atoms with Crippen molar-refractivity contribution in [2.24, 2.45) is 0 Å². The number of fused-ring (bicyclic) bond motifs is 2. The second-order valence-corrected chi connectivity index (χ2v) is 7.40. The zero-order valence-electron chi connectivity index (χ0n) is 16.2. The second-order valence-electron chi connectivity index (χ2n) is 6.99. The zero-order valence-corrected chi connectivity index (χ0v) is 17.0. The number of anilines is 1. The van der Waals surface area contributed by atoms with Crippen molar-refractivity contribution in [3.63, 3.8) is 0 Å². The number of imidazole rings is 1. The molecule has 0 unspecified atom stereocenters. The van der Waals surface area contributed by atoms with Crippen molar-refractivity contribution in [1.82, 2.24) is 14.9 Å². The molecule has 0 fully saturated rings. The number of thiocarbonyl (C=S) groups is 1. The van der Waals surface area contributed by atoms with E-state index in [1.807, 2.05) is 54.6 Å². The van der Waals surface area contributed by atoms with Crippen LogP contribution < -0.4 is 20.1 Å². The molecule has 1 aromatic heterocycles. The van der Waals surface area contributed by atoms with Gasteiger partial charge in [-0.05, 0) is 47.6 Å². The molecule has 0 aliphatic carbocycles. The van der Waals surface area contributed by atoms with E-state index < -0.39 is 0 Å². The molecule has 0 atom stereocenters. The molecule has 0 amide bonds. The predicted molar refractivity (Wildman–Crippen MR) is 121 cm³/mol. The van der Waals surface area contributed by atoms with E-state index in [4.69, 9.17) is 26.7 Å². The fraction of sp³-hybridized carbons (Fsp3) is 0.130. The Kier molecular flexibility index (Phi) is 4.94. The summed E-state index contributed by atoms with van der Waals surface area (Å²) in [7, 11) is 0. The van der Waals surface area contributed by atoms with Gasteiger partial charge in [-0.25, -0.2) is 4.98 Å². The lowest BCUT2D eigenvalue weighted by Crippen LogP contribution is -2.29. The number of benzene rings is 3. The van der Waals surface area contributed by atoms with E-state index in [2.05, 4.69) is 33.4 Å². The molecular weight excluding hydrogens is 396 g/mol. The van der Waals surface area contributed by atoms with Crippen molar-refractivity contribution >= 4 is 34.3 Å². The largest absolute Gasteiger partial charge is 0.454 e. The molecule has 6 nitrogen and oxygen atoms in total. The molecule has 2 N–H and O–H groups in total. The van der Waals surface area contributed by atoms with Crippen LogP contribution in [0.5, 0.6) is 11.5 Å². The van der Waals surface area contributed by atoms with E-state index in [0.717, 1.165) is 28.1 Å². The lowest BCUT2D eigenvalue weighted by molar-refractivity contribution is 0.174. The molecule has 5 rings (SSSR count). The van der Waals surface area contributed by atoms with Gasteiger partial charge in [0.25, 0.3) is 0 Å².